The molecule has 7 aromatic carbocycles. The van der Waals surface area contributed by atoms with Crippen LogP contribution in [0.25, 0.3) is 77.2 Å². The molecule has 0 bridgehead atoms. The molecule has 216 valence electrons. The summed E-state index contributed by atoms with van der Waals surface area (Å²) in [7, 11) is -1.29. The highest BCUT2D eigenvalue weighted by atomic mass is 28.3. The maximum absolute atomic E-state index is 6.29. The molecule has 0 radical (unpaired) electrons. The molecule has 0 N–H and O–H groups in total. The van der Waals surface area contributed by atoms with Crippen molar-refractivity contribution < 1.29 is 4.42 Å². The highest BCUT2D eigenvalue weighted by Crippen LogP contribution is 2.37. The molecule has 0 saturated carbocycles. The molecule has 1 heterocycles. The van der Waals surface area contributed by atoms with Crippen LogP contribution in [-0.4, -0.2) is 8.07 Å². The Morgan fingerprint density at radius 3 is 1.49 bits per heavy atom. The Labute approximate surface area is 265 Å². The van der Waals surface area contributed by atoms with Crippen LogP contribution in [0.4, 0.5) is 0 Å². The zero-order chi connectivity index (χ0) is 30.5. The van der Waals surface area contributed by atoms with Gasteiger partial charge < -0.3 is 4.42 Å². The molecule has 45 heavy (non-hydrogen) atoms. The van der Waals surface area contributed by atoms with Crippen LogP contribution < -0.4 is 5.19 Å². The number of hydrogen-bond acceptors (Lipinski definition) is 1. The number of rotatable bonds is 5. The van der Waals surface area contributed by atoms with Gasteiger partial charge in [0.1, 0.15) is 11.2 Å². The van der Waals surface area contributed by atoms with Crippen molar-refractivity contribution in [1.29, 1.82) is 0 Å². The number of fused-ring (bicyclic) bond motifs is 4. The molecule has 8 rings (SSSR count). The van der Waals surface area contributed by atoms with Crippen LogP contribution in [0, 0.1) is 0 Å². The molecule has 0 fully saturated rings. The normalized spacial score (nSPS) is 11.9. The van der Waals surface area contributed by atoms with Crippen LogP contribution >= 0.6 is 0 Å². The predicted octanol–water partition coefficient (Wildman–Crippen LogP) is 12.0. The summed E-state index contributed by atoms with van der Waals surface area (Å²) in [4.78, 5) is 0. The predicted molar refractivity (Wildman–Crippen MR) is 196 cm³/mol. The van der Waals surface area contributed by atoms with E-state index in [9.17, 15) is 0 Å². The minimum Gasteiger partial charge on any atom is -0.455 e. The van der Waals surface area contributed by atoms with E-state index in [0.717, 1.165) is 33.1 Å². The summed E-state index contributed by atoms with van der Waals surface area (Å²) >= 11 is 0. The number of benzene rings is 7. The Morgan fingerprint density at radius 1 is 0.400 bits per heavy atom. The Hall–Kier alpha value is -5.18. The van der Waals surface area contributed by atoms with Gasteiger partial charge in [0.2, 0.25) is 0 Å². The molecule has 0 aliphatic rings. The third-order valence-corrected chi connectivity index (χ3v) is 11.1. The first-order valence-electron chi connectivity index (χ1n) is 15.7. The van der Waals surface area contributed by atoms with Gasteiger partial charge in [-0.2, -0.15) is 0 Å². The van der Waals surface area contributed by atoms with Crippen molar-refractivity contribution in [3.8, 4) is 44.5 Å². The van der Waals surface area contributed by atoms with Gasteiger partial charge >= 0.3 is 0 Å². The first-order chi connectivity index (χ1) is 21.9. The molecule has 0 saturated heterocycles. The molecule has 0 unspecified atom stereocenters. The van der Waals surface area contributed by atoms with Crippen LogP contribution in [0.15, 0.2) is 156 Å². The third-order valence-electron chi connectivity index (χ3n) is 9.08. The van der Waals surface area contributed by atoms with Gasteiger partial charge in [-0.05, 0) is 67.9 Å². The highest BCUT2D eigenvalue weighted by Gasteiger charge is 2.16. The molecule has 1 nitrogen and oxygen atoms in total. The maximum atomic E-state index is 6.29. The first kappa shape index (κ1) is 27.4. The topological polar surface area (TPSA) is 13.1 Å². The highest BCUT2D eigenvalue weighted by molar-refractivity contribution is 6.88. The van der Waals surface area contributed by atoms with Gasteiger partial charge in [-0.1, -0.05) is 158 Å². The zero-order valence-corrected chi connectivity index (χ0v) is 26.8. The van der Waals surface area contributed by atoms with Gasteiger partial charge in [-0.15, -0.1) is 0 Å². The summed E-state index contributed by atoms with van der Waals surface area (Å²) in [6.07, 6.45) is 0. The number of furan rings is 1. The van der Waals surface area contributed by atoms with Crippen molar-refractivity contribution in [3.05, 3.63) is 152 Å². The van der Waals surface area contributed by atoms with Crippen LogP contribution in [0.5, 0.6) is 0 Å². The lowest BCUT2D eigenvalue weighted by atomic mass is 9.95. The molecule has 0 aliphatic heterocycles. The van der Waals surface area contributed by atoms with Crippen LogP contribution in [0.2, 0.25) is 19.6 Å². The zero-order valence-electron chi connectivity index (χ0n) is 25.8. The Morgan fingerprint density at radius 2 is 0.889 bits per heavy atom. The smallest absolute Gasteiger partial charge is 0.143 e. The van der Waals surface area contributed by atoms with Gasteiger partial charge in [0.25, 0.3) is 0 Å². The summed E-state index contributed by atoms with van der Waals surface area (Å²) in [6.45, 7) is 7.18. The van der Waals surface area contributed by atoms with Gasteiger partial charge in [-0.25, -0.2) is 0 Å². The summed E-state index contributed by atoms with van der Waals surface area (Å²) in [6, 6.07) is 55.2. The average molecular weight is 595 g/mol. The van der Waals surface area contributed by atoms with Crippen LogP contribution in [0.1, 0.15) is 0 Å². The molecule has 0 amide bonds. The lowest BCUT2D eigenvalue weighted by molar-refractivity contribution is 0.670. The second kappa shape index (κ2) is 10.8. The molecule has 0 spiro atoms. The van der Waals surface area contributed by atoms with Gasteiger partial charge in [0.15, 0.2) is 0 Å². The standard InChI is InChI=1S/C43H34OSi/c1-45(2,3)38-25-23-30(24-26-38)29-11-13-31(14-12-29)35-21-17-33-18-22-36(28-37(33)27-35)32-15-19-34(20-16-32)39-8-6-9-41-40-7-4-5-10-42(40)44-43(39)41/h4-28H,1-3H3. The molecular weight excluding hydrogens is 561 g/mol. The van der Waals surface area contributed by atoms with E-state index in [1.165, 1.54) is 49.3 Å². The summed E-state index contributed by atoms with van der Waals surface area (Å²) in [5, 5.41) is 6.30. The van der Waals surface area contributed by atoms with Crippen molar-refractivity contribution in [1.82, 2.24) is 0 Å². The largest absolute Gasteiger partial charge is 0.455 e. The van der Waals surface area contributed by atoms with Gasteiger partial charge in [0.05, 0.1) is 8.07 Å². The SMILES string of the molecule is C[Si](C)(C)c1ccc(-c2ccc(-c3ccc4ccc(-c5ccc(-c6cccc7c6oc6ccccc67)cc5)cc4c3)cc2)cc1. The Bertz CT molecular complexity index is 2320. The number of para-hydroxylation sites is 2. The lowest BCUT2D eigenvalue weighted by Crippen LogP contribution is -2.37. The van der Waals surface area contributed by atoms with E-state index in [-0.39, 0.29) is 0 Å². The lowest BCUT2D eigenvalue weighted by Gasteiger charge is -2.16. The van der Waals surface area contributed by atoms with Gasteiger partial charge in [-0.3, -0.25) is 0 Å². The molecule has 1 aromatic heterocycles. The molecule has 8 aromatic rings. The van der Waals surface area contributed by atoms with Crippen molar-refractivity contribution in [2.45, 2.75) is 19.6 Å². The molecular formula is C43H34OSi. The summed E-state index contributed by atoms with van der Waals surface area (Å²) in [5.74, 6) is 0. The van der Waals surface area contributed by atoms with E-state index in [4.69, 9.17) is 4.42 Å². The first-order valence-corrected chi connectivity index (χ1v) is 19.2. The second-order valence-electron chi connectivity index (χ2n) is 13.0. The Balaban J connectivity index is 1.07. The van der Waals surface area contributed by atoms with Gasteiger partial charge in [0, 0.05) is 16.3 Å². The summed E-state index contributed by atoms with van der Waals surface area (Å²) < 4.78 is 6.29. The fraction of sp³-hybridized carbons (Fsp3) is 0.0698. The van der Waals surface area contributed by atoms with E-state index in [2.05, 4.69) is 159 Å². The number of hydrogen-bond donors (Lipinski definition) is 0. The maximum Gasteiger partial charge on any atom is 0.143 e. The van der Waals surface area contributed by atoms with E-state index in [0.29, 0.717) is 0 Å². The summed E-state index contributed by atoms with van der Waals surface area (Å²) in [5.41, 5.74) is 11.5. The molecule has 0 aliphatic carbocycles. The third kappa shape index (κ3) is 5.08. The Kier molecular flexibility index (Phi) is 6.55. The van der Waals surface area contributed by atoms with Crippen molar-refractivity contribution in [2.75, 3.05) is 0 Å². The minimum absolute atomic E-state index is 0.926. The fourth-order valence-corrected chi connectivity index (χ4v) is 7.61. The van der Waals surface area contributed by atoms with E-state index >= 15 is 0 Å². The average Bonchev–Trinajstić information content (AvgIpc) is 3.47. The van der Waals surface area contributed by atoms with Crippen molar-refractivity contribution in [3.63, 3.8) is 0 Å². The molecule has 2 heteroatoms. The minimum atomic E-state index is -1.29. The van der Waals surface area contributed by atoms with E-state index in [1.807, 2.05) is 12.1 Å². The monoisotopic (exact) mass is 594 g/mol. The quantitative estimate of drug-likeness (QED) is 0.181. The fourth-order valence-electron chi connectivity index (χ4n) is 6.44. The van der Waals surface area contributed by atoms with E-state index < -0.39 is 8.07 Å². The van der Waals surface area contributed by atoms with Crippen LogP contribution in [0.3, 0.4) is 0 Å². The molecule has 0 atom stereocenters. The van der Waals surface area contributed by atoms with Crippen LogP contribution in [-0.2, 0) is 0 Å². The second-order valence-corrected chi connectivity index (χ2v) is 18.1. The van der Waals surface area contributed by atoms with Crippen molar-refractivity contribution >= 4 is 46.0 Å². The van der Waals surface area contributed by atoms with E-state index in [1.54, 1.807) is 0 Å². The van der Waals surface area contributed by atoms with Crippen molar-refractivity contribution in [2.24, 2.45) is 0 Å².